The summed E-state index contributed by atoms with van der Waals surface area (Å²) in [7, 11) is -3.64. The first-order valence-electron chi connectivity index (χ1n) is 9.22. The minimum atomic E-state index is -3.64. The molecule has 1 aliphatic rings. The van der Waals surface area contributed by atoms with Gasteiger partial charge in [0.2, 0.25) is 22.7 Å². The van der Waals surface area contributed by atoms with Gasteiger partial charge in [-0.25, -0.2) is 8.42 Å². The highest BCUT2D eigenvalue weighted by Crippen LogP contribution is 2.32. The van der Waals surface area contributed by atoms with E-state index in [1.807, 2.05) is 13.0 Å². The first kappa shape index (κ1) is 20.8. The molecule has 2 aromatic carbocycles. The van der Waals surface area contributed by atoms with Gasteiger partial charge < -0.3 is 19.5 Å². The summed E-state index contributed by atoms with van der Waals surface area (Å²) < 4.78 is 41.6. The molecule has 0 fully saturated rings. The topological polar surface area (TPSA) is 94.2 Å². The number of carbonyl (C=O) groups is 1. The highest BCUT2D eigenvalue weighted by atomic mass is 32.2. The van der Waals surface area contributed by atoms with Crippen molar-refractivity contribution >= 4 is 21.6 Å². The van der Waals surface area contributed by atoms with Crippen molar-refractivity contribution in [1.29, 1.82) is 0 Å². The number of fused-ring (bicyclic) bond motifs is 1. The third-order valence-corrected chi connectivity index (χ3v) is 5.35. The lowest BCUT2D eigenvalue weighted by atomic mass is 10.2. The van der Waals surface area contributed by atoms with E-state index in [4.69, 9.17) is 14.2 Å². The number of benzene rings is 2. The van der Waals surface area contributed by atoms with Crippen molar-refractivity contribution in [3.63, 3.8) is 0 Å². The number of hydrogen-bond acceptors (Lipinski definition) is 6. The van der Waals surface area contributed by atoms with Gasteiger partial charge in [0, 0.05) is 6.54 Å². The average Bonchev–Trinajstić information content (AvgIpc) is 3.16. The van der Waals surface area contributed by atoms with Crippen LogP contribution in [0.1, 0.15) is 18.9 Å². The van der Waals surface area contributed by atoms with E-state index >= 15 is 0 Å². The van der Waals surface area contributed by atoms with Crippen molar-refractivity contribution in [2.75, 3.05) is 30.5 Å². The van der Waals surface area contributed by atoms with E-state index in [1.165, 1.54) is 0 Å². The molecule has 0 spiro atoms. The lowest BCUT2D eigenvalue weighted by molar-refractivity contribution is -0.119. The van der Waals surface area contributed by atoms with Gasteiger partial charge in [-0.2, -0.15) is 0 Å². The molecule has 0 unspecified atom stereocenters. The standard InChI is InChI=1S/C20H24N2O6S/c1-3-10-26-17-7-5-16(6-8-17)22(29(2,24)25)13-20(23)21-12-15-4-9-18-19(11-15)28-14-27-18/h4-9,11H,3,10,12-14H2,1-2H3,(H,21,23). The molecule has 1 heterocycles. The van der Waals surface area contributed by atoms with Crippen molar-refractivity contribution in [2.24, 2.45) is 0 Å². The highest BCUT2D eigenvalue weighted by Gasteiger charge is 2.21. The molecule has 0 saturated heterocycles. The summed E-state index contributed by atoms with van der Waals surface area (Å²) >= 11 is 0. The van der Waals surface area contributed by atoms with Crippen molar-refractivity contribution in [2.45, 2.75) is 19.9 Å². The predicted octanol–water partition coefficient (Wildman–Crippen LogP) is 2.29. The molecule has 1 N–H and O–H groups in total. The number of nitrogens with zero attached hydrogens (tertiary/aromatic N) is 1. The van der Waals surface area contributed by atoms with E-state index in [0.29, 0.717) is 29.5 Å². The van der Waals surface area contributed by atoms with Crippen LogP contribution >= 0.6 is 0 Å². The van der Waals surface area contributed by atoms with Crippen molar-refractivity contribution in [3.05, 3.63) is 48.0 Å². The van der Waals surface area contributed by atoms with Gasteiger partial charge in [0.15, 0.2) is 11.5 Å². The lowest BCUT2D eigenvalue weighted by Gasteiger charge is -2.22. The van der Waals surface area contributed by atoms with Crippen LogP contribution in [-0.2, 0) is 21.4 Å². The van der Waals surface area contributed by atoms with Crippen LogP contribution in [0.25, 0.3) is 0 Å². The zero-order chi connectivity index (χ0) is 20.9. The molecule has 1 aliphatic heterocycles. The monoisotopic (exact) mass is 420 g/mol. The number of carbonyl (C=O) groups excluding carboxylic acids is 1. The summed E-state index contributed by atoms with van der Waals surface area (Å²) in [4.78, 5) is 12.4. The van der Waals surface area contributed by atoms with E-state index < -0.39 is 15.9 Å². The Morgan fingerprint density at radius 1 is 1.14 bits per heavy atom. The first-order valence-corrected chi connectivity index (χ1v) is 11.1. The van der Waals surface area contributed by atoms with Crippen LogP contribution in [0.5, 0.6) is 17.2 Å². The average molecular weight is 420 g/mol. The third-order valence-electron chi connectivity index (χ3n) is 4.21. The van der Waals surface area contributed by atoms with E-state index in [2.05, 4.69) is 5.32 Å². The maximum Gasteiger partial charge on any atom is 0.241 e. The van der Waals surface area contributed by atoms with Crippen LogP contribution in [0, 0.1) is 0 Å². The molecule has 0 atom stereocenters. The van der Waals surface area contributed by atoms with Crippen LogP contribution < -0.4 is 23.8 Å². The Morgan fingerprint density at radius 2 is 1.86 bits per heavy atom. The first-order chi connectivity index (χ1) is 13.9. The summed E-state index contributed by atoms with van der Waals surface area (Å²) in [5, 5.41) is 2.74. The fourth-order valence-electron chi connectivity index (χ4n) is 2.77. The summed E-state index contributed by atoms with van der Waals surface area (Å²) in [6.45, 7) is 2.69. The summed E-state index contributed by atoms with van der Waals surface area (Å²) in [6.07, 6.45) is 1.94. The normalized spacial score (nSPS) is 12.5. The molecule has 1 amide bonds. The molecule has 156 valence electrons. The molecule has 0 aliphatic carbocycles. The number of rotatable bonds is 9. The van der Waals surface area contributed by atoms with Crippen molar-refractivity contribution in [1.82, 2.24) is 5.32 Å². The van der Waals surface area contributed by atoms with Gasteiger partial charge >= 0.3 is 0 Å². The minimum Gasteiger partial charge on any atom is -0.494 e. The van der Waals surface area contributed by atoms with Gasteiger partial charge in [0.25, 0.3) is 0 Å². The van der Waals surface area contributed by atoms with Gasteiger partial charge in [0.05, 0.1) is 18.6 Å². The Kier molecular flexibility index (Phi) is 6.48. The third kappa shape index (κ3) is 5.54. The second-order valence-electron chi connectivity index (χ2n) is 6.58. The molecule has 8 nitrogen and oxygen atoms in total. The Morgan fingerprint density at radius 3 is 2.55 bits per heavy atom. The van der Waals surface area contributed by atoms with E-state index in [-0.39, 0.29) is 19.9 Å². The molecular weight excluding hydrogens is 396 g/mol. The smallest absolute Gasteiger partial charge is 0.241 e. The number of hydrogen-bond donors (Lipinski definition) is 1. The van der Waals surface area contributed by atoms with Gasteiger partial charge in [-0.15, -0.1) is 0 Å². The van der Waals surface area contributed by atoms with Crippen molar-refractivity contribution < 1.29 is 27.4 Å². The van der Waals surface area contributed by atoms with Crippen LogP contribution in [0.4, 0.5) is 5.69 Å². The van der Waals surface area contributed by atoms with E-state index in [0.717, 1.165) is 22.5 Å². The molecule has 0 radical (unpaired) electrons. The number of amides is 1. The molecule has 29 heavy (non-hydrogen) atoms. The summed E-state index contributed by atoms with van der Waals surface area (Å²) in [6, 6.07) is 12.0. The number of nitrogens with one attached hydrogen (secondary N) is 1. The van der Waals surface area contributed by atoms with Crippen LogP contribution in [-0.4, -0.2) is 40.5 Å². The lowest BCUT2D eigenvalue weighted by Crippen LogP contribution is -2.40. The Hall–Kier alpha value is -2.94. The molecule has 0 bridgehead atoms. The minimum absolute atomic E-state index is 0.177. The SMILES string of the molecule is CCCOc1ccc(N(CC(=O)NCc2ccc3c(c2)OCO3)S(C)(=O)=O)cc1. The fourth-order valence-corrected chi connectivity index (χ4v) is 3.62. The second-order valence-corrected chi connectivity index (χ2v) is 8.48. The Labute approximate surface area is 170 Å². The largest absolute Gasteiger partial charge is 0.494 e. The molecule has 9 heteroatoms. The highest BCUT2D eigenvalue weighted by molar-refractivity contribution is 7.92. The van der Waals surface area contributed by atoms with Gasteiger partial charge in [-0.3, -0.25) is 9.10 Å². The van der Waals surface area contributed by atoms with Crippen LogP contribution in [0.2, 0.25) is 0 Å². The number of anilines is 1. The molecule has 0 saturated carbocycles. The summed E-state index contributed by atoms with van der Waals surface area (Å²) in [5.74, 6) is 1.52. The zero-order valence-electron chi connectivity index (χ0n) is 16.4. The number of sulfonamides is 1. The van der Waals surface area contributed by atoms with Crippen molar-refractivity contribution in [3.8, 4) is 17.2 Å². The van der Waals surface area contributed by atoms with Crippen LogP contribution in [0.3, 0.4) is 0 Å². The van der Waals surface area contributed by atoms with E-state index in [1.54, 1.807) is 36.4 Å². The fraction of sp³-hybridized carbons (Fsp3) is 0.350. The number of ether oxygens (including phenoxy) is 3. The quantitative estimate of drug-likeness (QED) is 0.669. The zero-order valence-corrected chi connectivity index (χ0v) is 17.2. The molecule has 3 rings (SSSR count). The maximum atomic E-state index is 12.4. The molecule has 2 aromatic rings. The van der Waals surface area contributed by atoms with Gasteiger partial charge in [-0.05, 0) is 48.4 Å². The predicted molar refractivity (Wildman–Crippen MR) is 109 cm³/mol. The Bertz CT molecular complexity index is 959. The second kappa shape index (κ2) is 9.04. The van der Waals surface area contributed by atoms with E-state index in [9.17, 15) is 13.2 Å². The van der Waals surface area contributed by atoms with Crippen LogP contribution in [0.15, 0.2) is 42.5 Å². The Balaban J connectivity index is 1.63. The summed E-state index contributed by atoms with van der Waals surface area (Å²) in [5.41, 5.74) is 1.22. The van der Waals surface area contributed by atoms with Gasteiger partial charge in [-0.1, -0.05) is 13.0 Å². The maximum absolute atomic E-state index is 12.4. The molecular formula is C20H24N2O6S. The van der Waals surface area contributed by atoms with Gasteiger partial charge in [0.1, 0.15) is 12.3 Å². The molecule has 0 aromatic heterocycles.